The zero-order chi connectivity index (χ0) is 15.0. The van der Waals surface area contributed by atoms with Crippen LogP contribution in [-0.4, -0.2) is 23.9 Å². The Kier molecular flexibility index (Phi) is 3.76. The van der Waals surface area contributed by atoms with Crippen molar-refractivity contribution in [1.82, 2.24) is 4.90 Å². The number of rotatable bonds is 2. The summed E-state index contributed by atoms with van der Waals surface area (Å²) in [6.07, 6.45) is 1.76. The van der Waals surface area contributed by atoms with E-state index in [4.69, 9.17) is 10.5 Å². The normalized spacial score (nSPS) is 20.1. The summed E-state index contributed by atoms with van der Waals surface area (Å²) in [5.41, 5.74) is 9.28. The molecule has 0 unspecified atom stereocenters. The Balaban J connectivity index is 1.80. The predicted molar refractivity (Wildman–Crippen MR) is 81.5 cm³/mol. The Morgan fingerprint density at radius 1 is 1.38 bits per heavy atom. The zero-order valence-electron chi connectivity index (χ0n) is 12.9. The van der Waals surface area contributed by atoms with Gasteiger partial charge in [0.05, 0.1) is 12.2 Å². The third-order valence-corrected chi connectivity index (χ3v) is 4.78. The number of carbonyl (C=O) groups is 1. The summed E-state index contributed by atoms with van der Waals surface area (Å²) in [5.74, 6) is 0.318. The molecule has 3 rings (SSSR count). The molecular formula is C17H24N2O2. The van der Waals surface area contributed by atoms with Crippen LogP contribution in [0.5, 0.6) is 0 Å². The highest BCUT2D eigenvalue weighted by molar-refractivity contribution is 5.78. The molecule has 4 heteroatoms. The number of nitrogens with zero attached hydrogens (tertiary/aromatic N) is 1. The third-order valence-electron chi connectivity index (χ3n) is 4.78. The Hall–Kier alpha value is -1.39. The molecule has 2 aliphatic heterocycles. The molecule has 2 heterocycles. The van der Waals surface area contributed by atoms with Crippen LogP contribution in [0.3, 0.4) is 0 Å². The van der Waals surface area contributed by atoms with Crippen molar-refractivity contribution in [2.75, 3.05) is 13.1 Å². The highest BCUT2D eigenvalue weighted by Gasteiger charge is 2.43. The minimum absolute atomic E-state index is 0.0691. The second kappa shape index (κ2) is 5.43. The maximum absolute atomic E-state index is 12.1. The molecule has 0 radical (unpaired) electrons. The van der Waals surface area contributed by atoms with Crippen LogP contribution in [0, 0.1) is 5.92 Å². The van der Waals surface area contributed by atoms with Crippen LogP contribution in [0.4, 0.5) is 0 Å². The molecule has 1 saturated heterocycles. The molecular weight excluding hydrogens is 264 g/mol. The number of likely N-dealkylation sites (tertiary alicyclic amines) is 1. The van der Waals surface area contributed by atoms with E-state index < -0.39 is 0 Å². The van der Waals surface area contributed by atoms with E-state index >= 15 is 0 Å². The van der Waals surface area contributed by atoms with Crippen LogP contribution in [0.25, 0.3) is 0 Å². The van der Waals surface area contributed by atoms with Gasteiger partial charge < -0.3 is 15.4 Å². The van der Waals surface area contributed by atoms with Crippen LogP contribution in [0.1, 0.15) is 43.4 Å². The fourth-order valence-electron chi connectivity index (χ4n) is 3.46. The minimum Gasteiger partial charge on any atom is -0.365 e. The van der Waals surface area contributed by atoms with Gasteiger partial charge in [0.2, 0.25) is 5.91 Å². The van der Waals surface area contributed by atoms with E-state index in [1.165, 1.54) is 11.1 Å². The number of ether oxygens (including phenoxy) is 1. The largest absolute Gasteiger partial charge is 0.365 e. The van der Waals surface area contributed by atoms with E-state index in [2.05, 4.69) is 18.2 Å². The molecule has 21 heavy (non-hydrogen) atoms. The van der Waals surface area contributed by atoms with Crippen molar-refractivity contribution in [3.05, 3.63) is 34.9 Å². The number of hydrogen-bond donors (Lipinski definition) is 1. The monoisotopic (exact) mass is 288 g/mol. The van der Waals surface area contributed by atoms with Crippen LogP contribution < -0.4 is 5.73 Å². The standard InChI is InChI=1S/C17H24N2O2/c1-12(2)16(20)19-7-5-17(6-8-19)15-9-13(10-18)3-4-14(15)11-21-17/h3-4,9,12H,5-8,10-11,18H2,1-2H3. The van der Waals surface area contributed by atoms with Gasteiger partial charge in [-0.25, -0.2) is 0 Å². The van der Waals surface area contributed by atoms with Crippen molar-refractivity contribution >= 4 is 5.91 Å². The van der Waals surface area contributed by atoms with Crippen molar-refractivity contribution in [2.45, 2.75) is 45.4 Å². The van der Waals surface area contributed by atoms with Gasteiger partial charge in [0.1, 0.15) is 0 Å². The first-order chi connectivity index (χ1) is 10.1. The molecule has 4 nitrogen and oxygen atoms in total. The molecule has 114 valence electrons. The number of fused-ring (bicyclic) bond motifs is 2. The lowest BCUT2D eigenvalue weighted by molar-refractivity contribution is -0.141. The van der Waals surface area contributed by atoms with Crippen molar-refractivity contribution in [1.29, 1.82) is 0 Å². The van der Waals surface area contributed by atoms with E-state index in [0.29, 0.717) is 13.2 Å². The van der Waals surface area contributed by atoms with Crippen LogP contribution >= 0.6 is 0 Å². The van der Waals surface area contributed by atoms with E-state index in [-0.39, 0.29) is 17.4 Å². The summed E-state index contributed by atoms with van der Waals surface area (Å²) in [6.45, 7) is 6.72. The highest BCUT2D eigenvalue weighted by Crippen LogP contribution is 2.44. The SMILES string of the molecule is CC(C)C(=O)N1CCC2(CC1)OCc1ccc(CN)cc12. The average molecular weight is 288 g/mol. The Morgan fingerprint density at radius 2 is 2.10 bits per heavy atom. The molecule has 0 aliphatic carbocycles. The van der Waals surface area contributed by atoms with Gasteiger partial charge >= 0.3 is 0 Å². The molecule has 1 aromatic rings. The maximum Gasteiger partial charge on any atom is 0.225 e. The van der Waals surface area contributed by atoms with Gasteiger partial charge in [0, 0.05) is 25.6 Å². The molecule has 0 atom stereocenters. The molecule has 2 aliphatic rings. The molecule has 0 aromatic heterocycles. The second-order valence-corrected chi connectivity index (χ2v) is 6.46. The number of benzene rings is 1. The summed E-state index contributed by atoms with van der Waals surface area (Å²) in [6, 6.07) is 6.42. The van der Waals surface area contributed by atoms with E-state index in [1.54, 1.807) is 0 Å². The summed E-state index contributed by atoms with van der Waals surface area (Å²) in [7, 11) is 0. The van der Waals surface area contributed by atoms with Crippen molar-refractivity contribution in [2.24, 2.45) is 11.7 Å². The van der Waals surface area contributed by atoms with Crippen molar-refractivity contribution in [3.63, 3.8) is 0 Å². The summed E-state index contributed by atoms with van der Waals surface area (Å²) in [5, 5.41) is 0. The first-order valence-electron chi connectivity index (χ1n) is 7.81. The Labute approximate surface area is 126 Å². The molecule has 1 fully saturated rings. The number of amides is 1. The van der Waals surface area contributed by atoms with E-state index in [1.807, 2.05) is 18.7 Å². The van der Waals surface area contributed by atoms with Gasteiger partial charge in [-0.15, -0.1) is 0 Å². The zero-order valence-corrected chi connectivity index (χ0v) is 12.9. The van der Waals surface area contributed by atoms with Crippen molar-refractivity contribution in [3.8, 4) is 0 Å². The van der Waals surface area contributed by atoms with Crippen LogP contribution in [0.15, 0.2) is 18.2 Å². The molecule has 1 amide bonds. The number of nitrogens with two attached hydrogens (primary N) is 1. The lowest BCUT2D eigenvalue weighted by Gasteiger charge is -2.40. The molecule has 1 spiro atoms. The number of carbonyl (C=O) groups excluding carboxylic acids is 1. The van der Waals surface area contributed by atoms with E-state index in [0.717, 1.165) is 31.5 Å². The fraction of sp³-hybridized carbons (Fsp3) is 0.588. The Morgan fingerprint density at radius 3 is 2.71 bits per heavy atom. The minimum atomic E-state index is -0.200. The van der Waals surface area contributed by atoms with E-state index in [9.17, 15) is 4.79 Å². The second-order valence-electron chi connectivity index (χ2n) is 6.46. The number of hydrogen-bond acceptors (Lipinski definition) is 3. The van der Waals surface area contributed by atoms with Gasteiger partial charge in [-0.05, 0) is 29.5 Å². The lowest BCUT2D eigenvalue weighted by Crippen LogP contribution is -2.46. The van der Waals surface area contributed by atoms with Crippen molar-refractivity contribution < 1.29 is 9.53 Å². The topological polar surface area (TPSA) is 55.6 Å². The molecule has 2 N–H and O–H groups in total. The summed E-state index contributed by atoms with van der Waals surface area (Å²) < 4.78 is 6.16. The summed E-state index contributed by atoms with van der Waals surface area (Å²) in [4.78, 5) is 14.1. The molecule has 0 bridgehead atoms. The van der Waals surface area contributed by atoms with Crippen LogP contribution in [0.2, 0.25) is 0 Å². The maximum atomic E-state index is 12.1. The quantitative estimate of drug-likeness (QED) is 0.907. The smallest absolute Gasteiger partial charge is 0.225 e. The average Bonchev–Trinajstić information content (AvgIpc) is 2.85. The predicted octanol–water partition coefficient (Wildman–Crippen LogP) is 2.15. The lowest BCUT2D eigenvalue weighted by atomic mass is 9.83. The fourth-order valence-corrected chi connectivity index (χ4v) is 3.46. The summed E-state index contributed by atoms with van der Waals surface area (Å²) >= 11 is 0. The van der Waals surface area contributed by atoms with Gasteiger partial charge in [0.25, 0.3) is 0 Å². The first kappa shape index (κ1) is 14.5. The van der Waals surface area contributed by atoms with Crippen LogP contribution in [-0.2, 0) is 28.3 Å². The third kappa shape index (κ3) is 2.47. The van der Waals surface area contributed by atoms with Gasteiger partial charge in [-0.3, -0.25) is 4.79 Å². The first-order valence-corrected chi connectivity index (χ1v) is 7.81. The van der Waals surface area contributed by atoms with Gasteiger partial charge in [0.15, 0.2) is 0 Å². The number of piperidine rings is 1. The van der Waals surface area contributed by atoms with Gasteiger partial charge in [-0.1, -0.05) is 32.0 Å². The Bertz CT molecular complexity index is 546. The highest BCUT2D eigenvalue weighted by atomic mass is 16.5. The molecule has 1 aromatic carbocycles. The molecule has 0 saturated carbocycles. The van der Waals surface area contributed by atoms with Gasteiger partial charge in [-0.2, -0.15) is 0 Å².